The number of anilines is 1. The first-order valence-corrected chi connectivity index (χ1v) is 6.38. The van der Waals surface area contributed by atoms with Gasteiger partial charge in [0, 0.05) is 22.7 Å². The van der Waals surface area contributed by atoms with Gasteiger partial charge in [-0.1, -0.05) is 30.0 Å². The number of hydrogen-bond donors (Lipinski definition) is 1. The number of pyridine rings is 2. The molecule has 2 heterocycles. The van der Waals surface area contributed by atoms with Crippen molar-refractivity contribution in [1.82, 2.24) is 9.97 Å². The largest absolute Gasteiger partial charge is 0.397 e. The summed E-state index contributed by atoms with van der Waals surface area (Å²) >= 11 is 1.57. The smallest absolute Gasteiger partial charge is 0.124 e. The normalized spacial score (nSPS) is 10.7. The summed E-state index contributed by atoms with van der Waals surface area (Å²) in [5, 5.41) is 1.95. The second-order valence-electron chi connectivity index (χ2n) is 3.83. The van der Waals surface area contributed by atoms with Crippen molar-refractivity contribution in [3.8, 4) is 0 Å². The summed E-state index contributed by atoms with van der Waals surface area (Å²) in [6.07, 6.45) is 3.56. The highest BCUT2D eigenvalue weighted by atomic mass is 32.2. The van der Waals surface area contributed by atoms with E-state index in [1.807, 2.05) is 42.6 Å². The Labute approximate surface area is 109 Å². The van der Waals surface area contributed by atoms with Crippen LogP contribution >= 0.6 is 11.8 Å². The Bertz CT molecular complexity index is 692. The first kappa shape index (κ1) is 11.0. The lowest BCUT2D eigenvalue weighted by atomic mass is 10.2. The van der Waals surface area contributed by atoms with Crippen LogP contribution in [0.3, 0.4) is 0 Å². The van der Waals surface area contributed by atoms with Crippen LogP contribution in [0.15, 0.2) is 64.8 Å². The summed E-state index contributed by atoms with van der Waals surface area (Å²) < 4.78 is 0. The van der Waals surface area contributed by atoms with E-state index in [0.717, 1.165) is 20.8 Å². The van der Waals surface area contributed by atoms with E-state index in [-0.39, 0.29) is 0 Å². The SMILES string of the molecule is Nc1cccnc1Sc1ccnc2ccccc12. The molecule has 0 radical (unpaired) electrons. The molecule has 0 atom stereocenters. The topological polar surface area (TPSA) is 51.8 Å². The van der Waals surface area contributed by atoms with Crippen molar-refractivity contribution in [2.75, 3.05) is 5.73 Å². The van der Waals surface area contributed by atoms with E-state index in [4.69, 9.17) is 5.73 Å². The molecule has 0 aliphatic rings. The molecule has 1 aromatic carbocycles. The van der Waals surface area contributed by atoms with Gasteiger partial charge in [0.25, 0.3) is 0 Å². The van der Waals surface area contributed by atoms with Crippen molar-refractivity contribution in [3.05, 3.63) is 54.9 Å². The summed E-state index contributed by atoms with van der Waals surface area (Å²) in [6, 6.07) is 13.7. The molecule has 3 aromatic rings. The van der Waals surface area contributed by atoms with Crippen LogP contribution in [0.2, 0.25) is 0 Å². The molecule has 0 saturated heterocycles. The predicted octanol–water partition coefficient (Wildman–Crippen LogP) is 3.36. The molecule has 3 nitrogen and oxygen atoms in total. The Hall–Kier alpha value is -2.07. The van der Waals surface area contributed by atoms with Crippen LogP contribution in [-0.4, -0.2) is 9.97 Å². The third kappa shape index (κ3) is 2.02. The second kappa shape index (κ2) is 4.66. The monoisotopic (exact) mass is 253 g/mol. The molecular weight excluding hydrogens is 242 g/mol. The zero-order valence-electron chi connectivity index (χ0n) is 9.58. The minimum absolute atomic E-state index is 0.698. The number of aromatic nitrogens is 2. The average molecular weight is 253 g/mol. The van der Waals surface area contributed by atoms with Gasteiger partial charge < -0.3 is 5.73 Å². The van der Waals surface area contributed by atoms with Crippen LogP contribution in [0.4, 0.5) is 5.69 Å². The van der Waals surface area contributed by atoms with Crippen molar-refractivity contribution < 1.29 is 0 Å². The van der Waals surface area contributed by atoms with Crippen LogP contribution in [0.5, 0.6) is 0 Å². The number of fused-ring (bicyclic) bond motifs is 1. The molecule has 2 N–H and O–H groups in total. The summed E-state index contributed by atoms with van der Waals surface area (Å²) in [5.41, 5.74) is 7.59. The van der Waals surface area contributed by atoms with Crippen LogP contribution in [0, 0.1) is 0 Å². The molecule has 88 valence electrons. The highest BCUT2D eigenvalue weighted by Crippen LogP contribution is 2.33. The summed E-state index contributed by atoms with van der Waals surface area (Å²) in [4.78, 5) is 9.76. The first-order chi connectivity index (χ1) is 8.84. The molecule has 0 bridgehead atoms. The van der Waals surface area contributed by atoms with Gasteiger partial charge in [0.2, 0.25) is 0 Å². The van der Waals surface area contributed by atoms with Gasteiger partial charge >= 0.3 is 0 Å². The van der Waals surface area contributed by atoms with Crippen molar-refractivity contribution in [2.45, 2.75) is 9.92 Å². The quantitative estimate of drug-likeness (QED) is 0.760. The van der Waals surface area contributed by atoms with E-state index in [9.17, 15) is 0 Å². The molecule has 18 heavy (non-hydrogen) atoms. The number of nitrogen functional groups attached to an aromatic ring is 1. The highest BCUT2D eigenvalue weighted by molar-refractivity contribution is 7.99. The van der Waals surface area contributed by atoms with E-state index < -0.39 is 0 Å². The van der Waals surface area contributed by atoms with Gasteiger partial charge in [-0.3, -0.25) is 4.98 Å². The Morgan fingerprint density at radius 1 is 0.889 bits per heavy atom. The molecule has 0 aliphatic heterocycles. The van der Waals surface area contributed by atoms with Crippen molar-refractivity contribution in [2.24, 2.45) is 0 Å². The third-order valence-corrected chi connectivity index (χ3v) is 3.73. The predicted molar refractivity (Wildman–Crippen MR) is 74.5 cm³/mol. The van der Waals surface area contributed by atoms with Crippen LogP contribution < -0.4 is 5.73 Å². The van der Waals surface area contributed by atoms with Gasteiger partial charge in [-0.2, -0.15) is 0 Å². The molecule has 4 heteroatoms. The number of benzene rings is 1. The third-order valence-electron chi connectivity index (χ3n) is 2.62. The lowest BCUT2D eigenvalue weighted by Crippen LogP contribution is -1.91. The molecule has 0 unspecified atom stereocenters. The maximum absolute atomic E-state index is 5.91. The lowest BCUT2D eigenvalue weighted by Gasteiger charge is -2.06. The molecule has 0 fully saturated rings. The van der Waals surface area contributed by atoms with E-state index in [2.05, 4.69) is 16.0 Å². The van der Waals surface area contributed by atoms with E-state index in [1.54, 1.807) is 18.0 Å². The Morgan fingerprint density at radius 2 is 1.78 bits per heavy atom. The van der Waals surface area contributed by atoms with Crippen molar-refractivity contribution in [3.63, 3.8) is 0 Å². The highest BCUT2D eigenvalue weighted by Gasteiger charge is 2.06. The van der Waals surface area contributed by atoms with Crippen molar-refractivity contribution >= 4 is 28.4 Å². The van der Waals surface area contributed by atoms with Crippen LogP contribution in [-0.2, 0) is 0 Å². The zero-order valence-corrected chi connectivity index (χ0v) is 10.4. The fourth-order valence-corrected chi connectivity index (χ4v) is 2.67. The van der Waals surface area contributed by atoms with Crippen LogP contribution in [0.1, 0.15) is 0 Å². The average Bonchev–Trinajstić information content (AvgIpc) is 2.42. The molecular formula is C14H11N3S. The minimum Gasteiger partial charge on any atom is -0.397 e. The molecule has 0 spiro atoms. The summed E-state index contributed by atoms with van der Waals surface area (Å²) in [5.74, 6) is 0. The Kier molecular flexibility index (Phi) is 2.86. The number of nitrogens with zero attached hydrogens (tertiary/aromatic N) is 2. The van der Waals surface area contributed by atoms with Gasteiger partial charge in [0.05, 0.1) is 11.2 Å². The van der Waals surface area contributed by atoms with E-state index in [1.165, 1.54) is 0 Å². The number of rotatable bonds is 2. The minimum atomic E-state index is 0.698. The summed E-state index contributed by atoms with van der Waals surface area (Å²) in [6.45, 7) is 0. The maximum atomic E-state index is 5.91. The molecule has 0 aliphatic carbocycles. The standard InChI is InChI=1S/C14H11N3S/c15-11-5-3-8-17-14(11)18-13-7-9-16-12-6-2-1-4-10(12)13/h1-9H,15H2. The van der Waals surface area contributed by atoms with E-state index in [0.29, 0.717) is 5.69 Å². The van der Waals surface area contributed by atoms with Gasteiger partial charge in [-0.25, -0.2) is 4.98 Å². The summed E-state index contributed by atoms with van der Waals surface area (Å²) in [7, 11) is 0. The fraction of sp³-hybridized carbons (Fsp3) is 0. The molecule has 2 aromatic heterocycles. The number of para-hydroxylation sites is 1. The second-order valence-corrected chi connectivity index (χ2v) is 4.86. The number of hydrogen-bond acceptors (Lipinski definition) is 4. The van der Waals surface area contributed by atoms with Gasteiger partial charge in [-0.05, 0) is 24.3 Å². The molecule has 0 saturated carbocycles. The molecule has 3 rings (SSSR count). The number of nitrogens with two attached hydrogens (primary N) is 1. The zero-order chi connectivity index (χ0) is 12.4. The lowest BCUT2D eigenvalue weighted by molar-refractivity contribution is 1.14. The Balaban J connectivity index is 2.08. The first-order valence-electron chi connectivity index (χ1n) is 5.57. The van der Waals surface area contributed by atoms with Crippen LogP contribution in [0.25, 0.3) is 10.9 Å². The van der Waals surface area contributed by atoms with Gasteiger partial charge in [0.1, 0.15) is 5.03 Å². The van der Waals surface area contributed by atoms with Gasteiger partial charge in [0.15, 0.2) is 0 Å². The Morgan fingerprint density at radius 3 is 2.67 bits per heavy atom. The van der Waals surface area contributed by atoms with E-state index >= 15 is 0 Å². The maximum Gasteiger partial charge on any atom is 0.124 e. The fourth-order valence-electron chi connectivity index (χ4n) is 1.75. The molecule has 0 amide bonds. The van der Waals surface area contributed by atoms with Gasteiger partial charge in [-0.15, -0.1) is 0 Å². The van der Waals surface area contributed by atoms with Crippen molar-refractivity contribution in [1.29, 1.82) is 0 Å².